The summed E-state index contributed by atoms with van der Waals surface area (Å²) in [7, 11) is -9.36. The van der Waals surface area contributed by atoms with Crippen molar-refractivity contribution in [2.45, 2.75) is 16.7 Å². The number of nitrogen functional groups attached to an aromatic ring is 1. The summed E-state index contributed by atoms with van der Waals surface area (Å²) in [6.45, 7) is 1.76. The van der Waals surface area contributed by atoms with E-state index in [4.69, 9.17) is 5.73 Å². The molecular weight excluding hydrogens is 429 g/mol. The molecule has 0 aliphatic rings. The number of anilines is 1. The first-order valence-electron chi connectivity index (χ1n) is 7.76. The Kier molecular flexibility index (Phi) is 6.85. The average molecular weight is 444 g/mol. The molecule has 0 saturated heterocycles. The second-order valence-electron chi connectivity index (χ2n) is 5.99. The van der Waals surface area contributed by atoms with Crippen LogP contribution in [0.4, 0.5) is 17.1 Å². The van der Waals surface area contributed by atoms with Gasteiger partial charge in [0, 0.05) is 16.5 Å². The molecule has 0 saturated carbocycles. The summed E-state index contributed by atoms with van der Waals surface area (Å²) < 4.78 is 65.8. The molecule has 0 amide bonds. The molecule has 3 rings (SSSR count). The van der Waals surface area contributed by atoms with Crippen molar-refractivity contribution in [3.63, 3.8) is 0 Å². The van der Waals surface area contributed by atoms with Crippen LogP contribution in [-0.2, 0) is 20.2 Å². The molecule has 3 aromatic carbocycles. The molecule has 9 nitrogen and oxygen atoms in total. The van der Waals surface area contributed by atoms with E-state index in [0.717, 1.165) is 17.7 Å². The van der Waals surface area contributed by atoms with Crippen LogP contribution < -0.4 is 35.3 Å². The zero-order valence-electron chi connectivity index (χ0n) is 15.4. The molecule has 12 heteroatoms. The normalized spacial score (nSPS) is 12.2. The van der Waals surface area contributed by atoms with Gasteiger partial charge in [-0.25, -0.2) is 0 Å². The van der Waals surface area contributed by atoms with E-state index in [2.05, 4.69) is 10.2 Å². The van der Waals surface area contributed by atoms with E-state index in [9.17, 15) is 25.9 Å². The van der Waals surface area contributed by atoms with Crippen LogP contribution in [-0.4, -0.2) is 25.9 Å². The largest absolute Gasteiger partial charge is 1.00 e. The molecule has 0 aromatic heterocycles. The summed E-state index contributed by atoms with van der Waals surface area (Å²) >= 11 is 0. The van der Waals surface area contributed by atoms with Crippen molar-refractivity contribution >= 4 is 48.1 Å². The summed E-state index contributed by atoms with van der Waals surface area (Å²) in [5.74, 6) is 0. The molecule has 3 aromatic rings. The van der Waals surface area contributed by atoms with Crippen LogP contribution in [0, 0.1) is 6.92 Å². The van der Waals surface area contributed by atoms with Crippen LogP contribution in [0.3, 0.4) is 0 Å². The van der Waals surface area contributed by atoms with Gasteiger partial charge in [-0.3, -0.25) is 9.11 Å². The van der Waals surface area contributed by atoms with E-state index >= 15 is 0 Å². The van der Waals surface area contributed by atoms with Gasteiger partial charge in [0.2, 0.25) is 0 Å². The Hall–Kier alpha value is -1.86. The zero-order valence-corrected chi connectivity index (χ0v) is 19.1. The van der Waals surface area contributed by atoms with Gasteiger partial charge in [-0.15, -0.1) is 0 Å². The van der Waals surface area contributed by atoms with Gasteiger partial charge in [-0.2, -0.15) is 27.1 Å². The van der Waals surface area contributed by atoms with Gasteiger partial charge in [0.15, 0.2) is 0 Å². The molecule has 146 valence electrons. The summed E-state index contributed by atoms with van der Waals surface area (Å²) in [5.41, 5.74) is 7.36. The number of nitrogens with two attached hydrogens (primary N) is 1. The van der Waals surface area contributed by atoms with Crippen molar-refractivity contribution in [3.8, 4) is 0 Å². The monoisotopic (exact) mass is 444 g/mol. The number of nitrogens with zero attached hydrogens (tertiary/aromatic N) is 2. The molecule has 0 spiro atoms. The standard InChI is InChI=1S/C17H15N3O6S2.Na/c1-10-7-11(18)5-6-15(10)20-19-12-8-14-13(17(9-12)28(24,25)26)3-2-4-16(14)27(21,22)23;/h2-9H,18H2,1H3,(H,21,22,23)(H,24,25,26);/q;+1. The molecule has 0 heterocycles. The number of fused-ring (bicyclic) bond motifs is 1. The van der Waals surface area contributed by atoms with Gasteiger partial charge in [-0.05, 0) is 48.9 Å². The van der Waals surface area contributed by atoms with Gasteiger partial charge in [0.05, 0.1) is 11.4 Å². The minimum absolute atomic E-state index is 0. The maximum Gasteiger partial charge on any atom is 1.00 e. The van der Waals surface area contributed by atoms with E-state index in [1.54, 1.807) is 25.1 Å². The maximum absolute atomic E-state index is 11.8. The maximum atomic E-state index is 11.8. The van der Waals surface area contributed by atoms with Crippen LogP contribution >= 0.6 is 0 Å². The third kappa shape index (κ3) is 5.20. The third-order valence-corrected chi connectivity index (χ3v) is 5.76. The smallest absolute Gasteiger partial charge is 0.399 e. The second kappa shape index (κ2) is 8.48. The van der Waals surface area contributed by atoms with E-state index in [1.807, 2.05) is 0 Å². The minimum Gasteiger partial charge on any atom is -0.399 e. The Balaban J connectivity index is 0.00000300. The topological polar surface area (TPSA) is 159 Å². The summed E-state index contributed by atoms with van der Waals surface area (Å²) in [5, 5.41) is 7.76. The zero-order chi connectivity index (χ0) is 20.7. The summed E-state index contributed by atoms with van der Waals surface area (Å²) in [6.07, 6.45) is 0. The van der Waals surface area contributed by atoms with E-state index in [1.165, 1.54) is 18.2 Å². The molecule has 0 atom stereocenters. The van der Waals surface area contributed by atoms with E-state index in [0.29, 0.717) is 11.4 Å². The number of hydrogen-bond donors (Lipinski definition) is 3. The fourth-order valence-corrected chi connectivity index (χ4v) is 4.13. The first kappa shape index (κ1) is 23.4. The van der Waals surface area contributed by atoms with Crippen LogP contribution in [0.5, 0.6) is 0 Å². The molecule has 0 bridgehead atoms. The van der Waals surface area contributed by atoms with Gasteiger partial charge in [0.1, 0.15) is 9.79 Å². The van der Waals surface area contributed by atoms with Crippen molar-refractivity contribution < 1.29 is 55.5 Å². The SMILES string of the molecule is Cc1cc(N)ccc1N=Nc1cc(S(=O)(=O)O)c2cccc(S(=O)(=O)O)c2c1.[Na+]. The fraction of sp³-hybridized carbons (Fsp3) is 0.0588. The molecule has 0 aliphatic carbocycles. The first-order chi connectivity index (χ1) is 13.0. The van der Waals surface area contributed by atoms with Crippen molar-refractivity contribution in [1.82, 2.24) is 0 Å². The van der Waals surface area contributed by atoms with Gasteiger partial charge < -0.3 is 5.73 Å². The molecule has 0 radical (unpaired) electrons. The van der Waals surface area contributed by atoms with Crippen LogP contribution in [0.2, 0.25) is 0 Å². The third-order valence-electron chi connectivity index (χ3n) is 3.95. The average Bonchev–Trinajstić information content (AvgIpc) is 2.58. The number of aryl methyl sites for hydroxylation is 1. The quantitative estimate of drug-likeness (QED) is 0.230. The number of azo groups is 1. The molecule has 4 N–H and O–H groups in total. The van der Waals surface area contributed by atoms with Crippen LogP contribution in [0.15, 0.2) is 68.6 Å². The van der Waals surface area contributed by atoms with E-state index < -0.39 is 30.0 Å². The van der Waals surface area contributed by atoms with Crippen molar-refractivity contribution in [2.75, 3.05) is 5.73 Å². The Morgan fingerprint density at radius 3 is 2.07 bits per heavy atom. The number of hydrogen-bond acceptors (Lipinski definition) is 7. The van der Waals surface area contributed by atoms with Crippen molar-refractivity contribution in [1.29, 1.82) is 0 Å². The van der Waals surface area contributed by atoms with E-state index in [-0.39, 0.29) is 46.0 Å². The van der Waals surface area contributed by atoms with Crippen molar-refractivity contribution in [3.05, 3.63) is 54.1 Å². The molecule has 0 unspecified atom stereocenters. The molecule has 29 heavy (non-hydrogen) atoms. The van der Waals surface area contributed by atoms with Crippen LogP contribution in [0.25, 0.3) is 10.8 Å². The number of benzene rings is 3. The first-order valence-corrected chi connectivity index (χ1v) is 10.6. The minimum atomic E-state index is -4.71. The molecular formula is C17H15N3NaO6S2+. The summed E-state index contributed by atoms with van der Waals surface area (Å²) in [6, 6.07) is 10.9. The van der Waals surface area contributed by atoms with Gasteiger partial charge >= 0.3 is 29.6 Å². The van der Waals surface area contributed by atoms with Crippen molar-refractivity contribution in [2.24, 2.45) is 10.2 Å². The predicted molar refractivity (Wildman–Crippen MR) is 103 cm³/mol. The predicted octanol–water partition coefficient (Wildman–Crippen LogP) is 0.643. The molecule has 0 aliphatic heterocycles. The van der Waals surface area contributed by atoms with Gasteiger partial charge in [-0.1, -0.05) is 12.1 Å². The Morgan fingerprint density at radius 2 is 1.48 bits per heavy atom. The Morgan fingerprint density at radius 1 is 0.828 bits per heavy atom. The fourth-order valence-electron chi connectivity index (χ4n) is 2.71. The number of rotatable bonds is 4. The summed E-state index contributed by atoms with van der Waals surface area (Å²) in [4.78, 5) is -1.07. The van der Waals surface area contributed by atoms with Crippen LogP contribution in [0.1, 0.15) is 5.56 Å². The second-order valence-corrected chi connectivity index (χ2v) is 8.77. The van der Waals surface area contributed by atoms with Gasteiger partial charge in [0.25, 0.3) is 20.2 Å². The molecule has 0 fully saturated rings. The Labute approximate surface area is 189 Å². The Bertz CT molecular complexity index is 1340.